The molecule has 0 saturated carbocycles. The van der Waals surface area contributed by atoms with Gasteiger partial charge in [0.05, 0.1) is 10.6 Å². The summed E-state index contributed by atoms with van der Waals surface area (Å²) in [6.45, 7) is 1.63. The van der Waals surface area contributed by atoms with Crippen molar-refractivity contribution in [2.24, 2.45) is 0 Å². The molecular formula is C10H10FN3S. The summed E-state index contributed by atoms with van der Waals surface area (Å²) < 4.78 is 13.4. The van der Waals surface area contributed by atoms with Gasteiger partial charge in [0.25, 0.3) is 0 Å². The van der Waals surface area contributed by atoms with E-state index in [1.807, 2.05) is 17.5 Å². The van der Waals surface area contributed by atoms with E-state index in [9.17, 15) is 4.39 Å². The van der Waals surface area contributed by atoms with Gasteiger partial charge in [-0.25, -0.2) is 14.4 Å². The zero-order valence-corrected chi connectivity index (χ0v) is 9.23. The molecule has 0 spiro atoms. The maximum Gasteiger partial charge on any atom is 0.186 e. The van der Waals surface area contributed by atoms with Crippen LogP contribution in [0.2, 0.25) is 0 Å². The fourth-order valence-corrected chi connectivity index (χ4v) is 1.90. The summed E-state index contributed by atoms with van der Waals surface area (Å²) >= 11 is 1.53. The number of aromatic nitrogens is 2. The number of nitrogens with one attached hydrogen (secondary N) is 1. The van der Waals surface area contributed by atoms with Gasteiger partial charge >= 0.3 is 0 Å². The first kappa shape index (κ1) is 10.0. The van der Waals surface area contributed by atoms with Crippen molar-refractivity contribution in [2.45, 2.75) is 6.92 Å². The van der Waals surface area contributed by atoms with Crippen LogP contribution in [-0.2, 0) is 0 Å². The normalized spacial score (nSPS) is 10.3. The zero-order chi connectivity index (χ0) is 10.8. The Morgan fingerprint density at radius 3 is 2.80 bits per heavy atom. The number of anilines is 1. The lowest BCUT2D eigenvalue weighted by Crippen LogP contribution is -2.02. The number of hydrogen-bond donors (Lipinski definition) is 1. The maximum absolute atomic E-state index is 13.4. The predicted molar refractivity (Wildman–Crippen MR) is 59.6 cm³/mol. The van der Waals surface area contributed by atoms with Crippen LogP contribution in [0, 0.1) is 12.7 Å². The summed E-state index contributed by atoms with van der Waals surface area (Å²) in [5.41, 5.74) is 0.359. The summed E-state index contributed by atoms with van der Waals surface area (Å²) in [6.07, 6.45) is 0. The highest BCUT2D eigenvalue weighted by molar-refractivity contribution is 7.13. The first-order valence-corrected chi connectivity index (χ1v) is 5.36. The molecule has 0 amide bonds. The maximum atomic E-state index is 13.4. The van der Waals surface area contributed by atoms with E-state index in [0.29, 0.717) is 11.5 Å². The Morgan fingerprint density at radius 2 is 2.20 bits per heavy atom. The summed E-state index contributed by atoms with van der Waals surface area (Å²) in [5.74, 6) is 0.414. The highest BCUT2D eigenvalue weighted by atomic mass is 32.1. The molecule has 78 valence electrons. The predicted octanol–water partition coefficient (Wildman–Crippen LogP) is 2.69. The van der Waals surface area contributed by atoms with Crippen molar-refractivity contribution in [3.63, 3.8) is 0 Å². The van der Waals surface area contributed by atoms with Crippen molar-refractivity contribution in [3.05, 3.63) is 29.0 Å². The van der Waals surface area contributed by atoms with Crippen LogP contribution < -0.4 is 5.32 Å². The monoisotopic (exact) mass is 223 g/mol. The molecule has 15 heavy (non-hydrogen) atoms. The average Bonchev–Trinajstić information content (AvgIpc) is 2.75. The zero-order valence-electron chi connectivity index (χ0n) is 8.41. The molecule has 0 aliphatic rings. The van der Waals surface area contributed by atoms with Crippen molar-refractivity contribution in [1.82, 2.24) is 9.97 Å². The van der Waals surface area contributed by atoms with Crippen LogP contribution in [0.3, 0.4) is 0 Å². The molecule has 0 unspecified atom stereocenters. The van der Waals surface area contributed by atoms with Crippen LogP contribution in [0.15, 0.2) is 17.5 Å². The fraction of sp³-hybridized carbons (Fsp3) is 0.200. The second kappa shape index (κ2) is 3.94. The Balaban J connectivity index is 2.55. The molecule has 0 fully saturated rings. The second-order valence-electron chi connectivity index (χ2n) is 3.02. The van der Waals surface area contributed by atoms with E-state index >= 15 is 0 Å². The molecule has 0 atom stereocenters. The number of thiophene rings is 1. The van der Waals surface area contributed by atoms with Crippen LogP contribution in [0.4, 0.5) is 10.2 Å². The van der Waals surface area contributed by atoms with E-state index in [-0.39, 0.29) is 5.82 Å². The number of aryl methyl sites for hydroxylation is 1. The Kier molecular flexibility index (Phi) is 2.64. The summed E-state index contributed by atoms with van der Waals surface area (Å²) in [4.78, 5) is 9.15. The lowest BCUT2D eigenvalue weighted by atomic mass is 10.3. The smallest absolute Gasteiger partial charge is 0.186 e. The van der Waals surface area contributed by atoms with Crippen molar-refractivity contribution < 1.29 is 4.39 Å². The van der Waals surface area contributed by atoms with E-state index in [1.165, 1.54) is 11.3 Å². The molecule has 0 aliphatic heterocycles. The van der Waals surface area contributed by atoms with E-state index in [4.69, 9.17) is 0 Å². The van der Waals surface area contributed by atoms with Gasteiger partial charge in [-0.05, 0) is 18.4 Å². The number of hydrogen-bond acceptors (Lipinski definition) is 4. The topological polar surface area (TPSA) is 37.8 Å². The number of nitrogens with zero attached hydrogens (tertiary/aromatic N) is 2. The quantitative estimate of drug-likeness (QED) is 0.850. The highest BCUT2D eigenvalue weighted by Crippen LogP contribution is 2.24. The van der Waals surface area contributed by atoms with Gasteiger partial charge in [-0.1, -0.05) is 6.07 Å². The first-order chi connectivity index (χ1) is 7.22. The third-order valence-electron chi connectivity index (χ3n) is 2.00. The Bertz CT molecular complexity index is 468. The van der Waals surface area contributed by atoms with Crippen LogP contribution in [0.25, 0.3) is 10.7 Å². The Morgan fingerprint density at radius 1 is 1.40 bits per heavy atom. The van der Waals surface area contributed by atoms with Crippen molar-refractivity contribution in [3.8, 4) is 10.7 Å². The van der Waals surface area contributed by atoms with Gasteiger partial charge in [0.2, 0.25) is 0 Å². The molecule has 2 rings (SSSR count). The molecular weight excluding hydrogens is 213 g/mol. The molecule has 0 bridgehead atoms. The Hall–Kier alpha value is -1.49. The van der Waals surface area contributed by atoms with Gasteiger partial charge in [0.1, 0.15) is 0 Å². The molecule has 2 aromatic heterocycles. The standard InChI is InChI=1S/C10H10FN3S/c1-6-8(11)10(12-2)14-9(13-6)7-4-3-5-15-7/h3-5H,1-2H3,(H,12,13,14). The van der Waals surface area contributed by atoms with Crippen LogP contribution >= 0.6 is 11.3 Å². The van der Waals surface area contributed by atoms with Gasteiger partial charge in [-0.15, -0.1) is 11.3 Å². The van der Waals surface area contributed by atoms with Crippen LogP contribution in [-0.4, -0.2) is 17.0 Å². The molecule has 2 aromatic rings. The summed E-state index contributed by atoms with van der Waals surface area (Å²) in [7, 11) is 1.64. The Labute approximate surface area is 91.0 Å². The minimum atomic E-state index is -0.391. The molecule has 0 radical (unpaired) electrons. The third-order valence-corrected chi connectivity index (χ3v) is 2.86. The lowest BCUT2D eigenvalue weighted by molar-refractivity contribution is 0.607. The lowest BCUT2D eigenvalue weighted by Gasteiger charge is -2.05. The molecule has 0 aliphatic carbocycles. The van der Waals surface area contributed by atoms with E-state index in [2.05, 4.69) is 15.3 Å². The summed E-state index contributed by atoms with van der Waals surface area (Å²) in [5, 5.41) is 4.66. The van der Waals surface area contributed by atoms with Gasteiger partial charge in [-0.3, -0.25) is 0 Å². The van der Waals surface area contributed by atoms with Crippen molar-refractivity contribution >= 4 is 17.2 Å². The minimum absolute atomic E-state index is 0.242. The average molecular weight is 223 g/mol. The molecule has 3 nitrogen and oxygen atoms in total. The van der Waals surface area contributed by atoms with Crippen LogP contribution in [0.5, 0.6) is 0 Å². The molecule has 1 N–H and O–H groups in total. The molecule has 0 aromatic carbocycles. The van der Waals surface area contributed by atoms with Gasteiger partial charge in [-0.2, -0.15) is 0 Å². The van der Waals surface area contributed by atoms with Crippen molar-refractivity contribution in [2.75, 3.05) is 12.4 Å². The molecule has 0 saturated heterocycles. The number of rotatable bonds is 2. The second-order valence-corrected chi connectivity index (χ2v) is 3.97. The van der Waals surface area contributed by atoms with Crippen LogP contribution in [0.1, 0.15) is 5.69 Å². The molecule has 5 heteroatoms. The largest absolute Gasteiger partial charge is 0.371 e. The third kappa shape index (κ3) is 1.83. The van der Waals surface area contributed by atoms with E-state index in [0.717, 1.165) is 4.88 Å². The van der Waals surface area contributed by atoms with Gasteiger partial charge in [0, 0.05) is 7.05 Å². The fourth-order valence-electron chi connectivity index (χ4n) is 1.24. The van der Waals surface area contributed by atoms with E-state index in [1.54, 1.807) is 14.0 Å². The SMILES string of the molecule is CNc1nc(-c2cccs2)nc(C)c1F. The minimum Gasteiger partial charge on any atom is -0.371 e. The van der Waals surface area contributed by atoms with Gasteiger partial charge in [0.15, 0.2) is 17.5 Å². The highest BCUT2D eigenvalue weighted by Gasteiger charge is 2.11. The summed E-state index contributed by atoms with van der Waals surface area (Å²) in [6, 6.07) is 3.83. The number of halogens is 1. The van der Waals surface area contributed by atoms with Gasteiger partial charge < -0.3 is 5.32 Å². The van der Waals surface area contributed by atoms with Crippen molar-refractivity contribution in [1.29, 1.82) is 0 Å². The molecule has 2 heterocycles. The first-order valence-electron chi connectivity index (χ1n) is 4.48. The van der Waals surface area contributed by atoms with E-state index < -0.39 is 5.82 Å².